The average Bonchev–Trinajstić information content (AvgIpc) is 3.43. The first-order valence-corrected chi connectivity index (χ1v) is 15.2. The quantitative estimate of drug-likeness (QED) is 0.197. The Balaban J connectivity index is 1.43. The van der Waals surface area contributed by atoms with Crippen LogP contribution in [0.25, 0.3) is 63.3 Å². The Bertz CT molecular complexity index is 2370. The zero-order valence-corrected chi connectivity index (χ0v) is 23.6. The van der Waals surface area contributed by atoms with Gasteiger partial charge in [-0.15, -0.1) is 11.3 Å². The summed E-state index contributed by atoms with van der Waals surface area (Å²) in [6, 6.07) is 55.6. The predicted octanol–water partition coefficient (Wildman–Crippen LogP) is 12.1. The van der Waals surface area contributed by atoms with Crippen molar-refractivity contribution in [1.82, 2.24) is 0 Å². The molecule has 9 aromatic rings. The van der Waals surface area contributed by atoms with E-state index in [4.69, 9.17) is 0 Å². The molecule has 1 heterocycles. The molecule has 0 atom stereocenters. The summed E-state index contributed by atoms with van der Waals surface area (Å²) in [4.78, 5) is 2.49. The third kappa shape index (κ3) is 3.49. The monoisotopic (exact) mass is 551 g/mol. The summed E-state index contributed by atoms with van der Waals surface area (Å²) in [6.07, 6.45) is 0. The van der Waals surface area contributed by atoms with Crippen molar-refractivity contribution >= 4 is 91.7 Å². The van der Waals surface area contributed by atoms with Crippen LogP contribution >= 0.6 is 11.3 Å². The second-order valence-corrected chi connectivity index (χ2v) is 12.0. The predicted molar refractivity (Wildman–Crippen MR) is 184 cm³/mol. The molecule has 0 saturated heterocycles. The van der Waals surface area contributed by atoms with Gasteiger partial charge in [0, 0.05) is 36.6 Å². The average molecular weight is 552 g/mol. The maximum Gasteiger partial charge on any atom is 0.0546 e. The molecule has 0 N–H and O–H groups in total. The van der Waals surface area contributed by atoms with Crippen LogP contribution in [-0.4, -0.2) is 0 Å². The van der Waals surface area contributed by atoms with Gasteiger partial charge < -0.3 is 4.90 Å². The van der Waals surface area contributed by atoms with E-state index in [9.17, 15) is 0 Å². The van der Waals surface area contributed by atoms with Gasteiger partial charge in [0.2, 0.25) is 0 Å². The van der Waals surface area contributed by atoms with E-state index in [0.717, 1.165) is 5.69 Å². The lowest BCUT2D eigenvalue weighted by molar-refractivity contribution is 1.33. The van der Waals surface area contributed by atoms with Gasteiger partial charge in [0.05, 0.1) is 11.4 Å². The zero-order valence-electron chi connectivity index (χ0n) is 22.8. The molecule has 1 aromatic heterocycles. The van der Waals surface area contributed by atoms with Crippen molar-refractivity contribution in [2.45, 2.75) is 0 Å². The van der Waals surface area contributed by atoms with Crippen molar-refractivity contribution in [1.29, 1.82) is 0 Å². The highest BCUT2D eigenvalue weighted by Gasteiger charge is 2.21. The van der Waals surface area contributed by atoms with Gasteiger partial charge in [0.1, 0.15) is 0 Å². The normalized spacial score (nSPS) is 11.8. The minimum Gasteiger partial charge on any atom is -0.309 e. The molecule has 0 aliphatic heterocycles. The van der Waals surface area contributed by atoms with Crippen molar-refractivity contribution in [3.8, 4) is 0 Å². The second kappa shape index (κ2) is 9.17. The minimum absolute atomic E-state index is 1.16. The molecule has 9 rings (SSSR count). The van der Waals surface area contributed by atoms with Crippen LogP contribution in [0.5, 0.6) is 0 Å². The number of fused-ring (bicyclic) bond motifs is 9. The number of benzene rings is 8. The fraction of sp³-hybridized carbons (Fsp3) is 0. The van der Waals surface area contributed by atoms with Crippen LogP contribution in [0.4, 0.5) is 17.1 Å². The highest BCUT2D eigenvalue weighted by molar-refractivity contribution is 7.25. The summed E-state index contributed by atoms with van der Waals surface area (Å²) < 4.78 is 2.62. The number of anilines is 3. The van der Waals surface area contributed by atoms with Crippen molar-refractivity contribution in [3.63, 3.8) is 0 Å². The fourth-order valence-electron chi connectivity index (χ4n) is 6.70. The highest BCUT2D eigenvalue weighted by Crippen LogP contribution is 2.47. The number of thiophene rings is 1. The molecular formula is C40H25NS. The Morgan fingerprint density at radius 3 is 1.38 bits per heavy atom. The molecule has 42 heavy (non-hydrogen) atoms. The van der Waals surface area contributed by atoms with Crippen molar-refractivity contribution in [2.75, 3.05) is 4.90 Å². The topological polar surface area (TPSA) is 3.24 Å². The summed E-state index contributed by atoms with van der Waals surface area (Å²) in [5, 5.41) is 12.7. The number of hydrogen-bond donors (Lipinski definition) is 0. The van der Waals surface area contributed by atoms with Gasteiger partial charge in [-0.3, -0.25) is 0 Å². The maximum atomic E-state index is 2.49. The molecule has 0 radical (unpaired) electrons. The van der Waals surface area contributed by atoms with Crippen LogP contribution in [0.15, 0.2) is 152 Å². The minimum atomic E-state index is 1.16. The number of hydrogen-bond acceptors (Lipinski definition) is 2. The van der Waals surface area contributed by atoms with Crippen LogP contribution < -0.4 is 4.90 Å². The van der Waals surface area contributed by atoms with Gasteiger partial charge in [0.25, 0.3) is 0 Å². The molecule has 0 saturated carbocycles. The van der Waals surface area contributed by atoms with E-state index < -0.39 is 0 Å². The van der Waals surface area contributed by atoms with Crippen molar-refractivity contribution in [2.24, 2.45) is 0 Å². The summed E-state index contributed by atoms with van der Waals surface area (Å²) in [5.74, 6) is 0. The Hall–Kier alpha value is -5.18. The Kier molecular flexibility index (Phi) is 5.13. The first-order chi connectivity index (χ1) is 20.8. The van der Waals surface area contributed by atoms with Crippen LogP contribution in [0.1, 0.15) is 0 Å². The van der Waals surface area contributed by atoms with E-state index in [-0.39, 0.29) is 0 Å². The standard InChI is InChI=1S/C40H25NS/c1-3-13-29-26(11-1)23-37(33-17-7-5-15-31(29)33)41(28-21-22-36-35-19-9-10-20-39(35)42-40(36)25-28)38-24-27-12-2-4-14-30(27)32-16-6-8-18-34(32)38/h1-25H. The first-order valence-electron chi connectivity index (χ1n) is 14.4. The van der Waals surface area contributed by atoms with Gasteiger partial charge in [0.15, 0.2) is 0 Å². The lowest BCUT2D eigenvalue weighted by Gasteiger charge is -2.29. The highest BCUT2D eigenvalue weighted by atomic mass is 32.1. The van der Waals surface area contributed by atoms with E-state index in [0.29, 0.717) is 0 Å². The summed E-state index contributed by atoms with van der Waals surface area (Å²) in [7, 11) is 0. The Labute approximate surface area is 247 Å². The first kappa shape index (κ1) is 23.5. The molecule has 0 fully saturated rings. The Morgan fingerprint density at radius 1 is 0.333 bits per heavy atom. The van der Waals surface area contributed by atoms with Gasteiger partial charge >= 0.3 is 0 Å². The zero-order chi connectivity index (χ0) is 27.6. The fourth-order valence-corrected chi connectivity index (χ4v) is 7.84. The van der Waals surface area contributed by atoms with Crippen LogP contribution in [-0.2, 0) is 0 Å². The van der Waals surface area contributed by atoms with Gasteiger partial charge in [-0.1, -0.05) is 121 Å². The van der Waals surface area contributed by atoms with Crippen molar-refractivity contribution in [3.05, 3.63) is 152 Å². The van der Waals surface area contributed by atoms with Crippen molar-refractivity contribution < 1.29 is 0 Å². The van der Waals surface area contributed by atoms with Crippen LogP contribution in [0, 0.1) is 0 Å². The largest absolute Gasteiger partial charge is 0.309 e. The molecule has 0 spiro atoms. The Morgan fingerprint density at radius 2 is 0.786 bits per heavy atom. The van der Waals surface area contributed by atoms with E-state index >= 15 is 0 Å². The molecular weight excluding hydrogens is 527 g/mol. The lowest BCUT2D eigenvalue weighted by Crippen LogP contribution is -2.11. The molecule has 2 heteroatoms. The van der Waals surface area contributed by atoms with E-state index in [1.54, 1.807) is 0 Å². The SMILES string of the molecule is c1ccc2c(c1)cc(N(c1ccc3c(c1)sc1ccccc13)c1cc3ccccc3c3ccccc13)c1ccccc12. The van der Waals surface area contributed by atoms with Gasteiger partial charge in [-0.2, -0.15) is 0 Å². The molecule has 8 aromatic carbocycles. The third-order valence-electron chi connectivity index (χ3n) is 8.59. The molecule has 0 unspecified atom stereocenters. The van der Waals surface area contributed by atoms with Crippen LogP contribution in [0.2, 0.25) is 0 Å². The summed E-state index contributed by atoms with van der Waals surface area (Å²) in [5.41, 5.74) is 3.53. The second-order valence-electron chi connectivity index (χ2n) is 10.9. The third-order valence-corrected chi connectivity index (χ3v) is 9.73. The maximum absolute atomic E-state index is 2.49. The van der Waals surface area contributed by atoms with E-state index in [1.807, 2.05) is 11.3 Å². The molecule has 0 aliphatic carbocycles. The lowest BCUT2D eigenvalue weighted by atomic mass is 9.96. The molecule has 196 valence electrons. The number of nitrogens with zero attached hydrogens (tertiary/aromatic N) is 1. The summed E-state index contributed by atoms with van der Waals surface area (Å²) >= 11 is 1.87. The molecule has 0 amide bonds. The van der Waals surface area contributed by atoms with E-state index in [1.165, 1.54) is 74.6 Å². The van der Waals surface area contributed by atoms with E-state index in [2.05, 4.69) is 157 Å². The van der Waals surface area contributed by atoms with Gasteiger partial charge in [-0.05, 0) is 62.6 Å². The summed E-state index contributed by atoms with van der Waals surface area (Å²) in [6.45, 7) is 0. The molecule has 0 bridgehead atoms. The van der Waals surface area contributed by atoms with Crippen LogP contribution in [0.3, 0.4) is 0 Å². The molecule has 1 nitrogen and oxygen atoms in total. The number of rotatable bonds is 3. The smallest absolute Gasteiger partial charge is 0.0546 e. The molecule has 0 aliphatic rings. The van der Waals surface area contributed by atoms with Gasteiger partial charge in [-0.25, -0.2) is 0 Å².